The number of likely N-dealkylation sites (tertiary alicyclic amines) is 1. The normalized spacial score (nSPS) is 21.8. The lowest BCUT2D eigenvalue weighted by Gasteiger charge is -2.47. The monoisotopic (exact) mass is 261 g/mol. The molecule has 106 valence electrons. The molecule has 0 bridgehead atoms. The lowest BCUT2D eigenvalue weighted by Crippen LogP contribution is -2.59. The minimum atomic E-state index is 0.107. The summed E-state index contributed by atoms with van der Waals surface area (Å²) in [6.45, 7) is 6.99. The molecule has 0 spiro atoms. The fraction of sp³-hybridized carbons (Fsp3) is 0.688. The quantitative estimate of drug-likeness (QED) is 0.886. The zero-order chi connectivity index (χ0) is 13.7. The predicted molar refractivity (Wildman–Crippen MR) is 80.0 cm³/mol. The lowest BCUT2D eigenvalue weighted by atomic mass is 9.83. The van der Waals surface area contributed by atoms with Gasteiger partial charge in [0.15, 0.2) is 0 Å². The maximum Gasteiger partial charge on any atom is 0.0332 e. The van der Waals surface area contributed by atoms with Crippen LogP contribution in [0.1, 0.15) is 45.1 Å². The Morgan fingerprint density at radius 2 is 2.11 bits per heavy atom. The minimum absolute atomic E-state index is 0.107. The Hall–Kier alpha value is -0.930. The van der Waals surface area contributed by atoms with Gasteiger partial charge in [0.25, 0.3) is 0 Å². The first-order chi connectivity index (χ1) is 9.16. The first-order valence-corrected chi connectivity index (χ1v) is 7.56. The van der Waals surface area contributed by atoms with E-state index < -0.39 is 0 Å². The maximum atomic E-state index is 6.56. The van der Waals surface area contributed by atoms with Crippen molar-refractivity contribution in [2.24, 2.45) is 5.73 Å². The van der Waals surface area contributed by atoms with Crippen LogP contribution in [0.25, 0.3) is 0 Å². The van der Waals surface area contributed by atoms with Gasteiger partial charge in [-0.1, -0.05) is 19.4 Å². The minimum Gasteiger partial charge on any atom is -0.326 e. The first-order valence-electron chi connectivity index (χ1n) is 7.56. The maximum absolute atomic E-state index is 6.56. The predicted octanol–water partition coefficient (Wildman–Crippen LogP) is 2.61. The molecule has 19 heavy (non-hydrogen) atoms. The fourth-order valence-electron chi connectivity index (χ4n) is 3.12. The summed E-state index contributed by atoms with van der Waals surface area (Å²) in [6.07, 6.45) is 9.77. The Morgan fingerprint density at radius 3 is 2.68 bits per heavy atom. The molecule has 3 nitrogen and oxygen atoms in total. The van der Waals surface area contributed by atoms with Crippen LogP contribution in [-0.4, -0.2) is 34.6 Å². The smallest absolute Gasteiger partial charge is 0.0332 e. The van der Waals surface area contributed by atoms with Gasteiger partial charge in [0.2, 0.25) is 0 Å². The van der Waals surface area contributed by atoms with Gasteiger partial charge in [0, 0.05) is 24.0 Å². The van der Waals surface area contributed by atoms with Crippen molar-refractivity contribution in [3.8, 4) is 0 Å². The van der Waals surface area contributed by atoms with Crippen molar-refractivity contribution in [2.75, 3.05) is 13.1 Å². The van der Waals surface area contributed by atoms with Crippen molar-refractivity contribution in [1.82, 2.24) is 9.88 Å². The second kappa shape index (κ2) is 6.49. The summed E-state index contributed by atoms with van der Waals surface area (Å²) in [6, 6.07) is 4.28. The summed E-state index contributed by atoms with van der Waals surface area (Å²) in [5.41, 5.74) is 7.91. The van der Waals surface area contributed by atoms with Crippen LogP contribution in [0.4, 0.5) is 0 Å². The molecule has 3 heteroatoms. The van der Waals surface area contributed by atoms with Gasteiger partial charge in [-0.25, -0.2) is 0 Å². The van der Waals surface area contributed by atoms with E-state index in [4.69, 9.17) is 5.73 Å². The van der Waals surface area contributed by atoms with Gasteiger partial charge in [0.05, 0.1) is 0 Å². The second-order valence-electron chi connectivity index (χ2n) is 5.93. The van der Waals surface area contributed by atoms with Gasteiger partial charge in [-0.2, -0.15) is 0 Å². The summed E-state index contributed by atoms with van der Waals surface area (Å²) in [4.78, 5) is 6.80. The van der Waals surface area contributed by atoms with Gasteiger partial charge >= 0.3 is 0 Å². The molecule has 0 amide bonds. The van der Waals surface area contributed by atoms with E-state index in [0.717, 1.165) is 12.8 Å². The van der Waals surface area contributed by atoms with E-state index in [0.29, 0.717) is 0 Å². The van der Waals surface area contributed by atoms with Crippen LogP contribution in [0, 0.1) is 0 Å². The molecular formula is C16H27N3. The van der Waals surface area contributed by atoms with Crippen LogP contribution in [0.5, 0.6) is 0 Å². The topological polar surface area (TPSA) is 42.1 Å². The Labute approximate surface area is 117 Å². The molecule has 2 heterocycles. The number of hydrogen-bond donors (Lipinski definition) is 1. The lowest BCUT2D eigenvalue weighted by molar-refractivity contribution is 0.0546. The molecule has 2 N–H and O–H groups in total. The summed E-state index contributed by atoms with van der Waals surface area (Å²) < 4.78 is 0. The molecule has 1 aromatic rings. The molecule has 2 rings (SSSR count). The number of pyridine rings is 1. The molecule has 1 aromatic heterocycles. The fourth-order valence-corrected chi connectivity index (χ4v) is 3.12. The van der Waals surface area contributed by atoms with Crippen LogP contribution in [-0.2, 0) is 6.42 Å². The Balaban J connectivity index is 2.06. The van der Waals surface area contributed by atoms with E-state index >= 15 is 0 Å². The van der Waals surface area contributed by atoms with Crippen LogP contribution in [0.3, 0.4) is 0 Å². The van der Waals surface area contributed by atoms with Crippen molar-refractivity contribution in [2.45, 2.75) is 57.5 Å². The molecule has 1 aliphatic rings. The molecule has 0 aromatic carbocycles. The van der Waals surface area contributed by atoms with E-state index in [9.17, 15) is 0 Å². The van der Waals surface area contributed by atoms with Crippen molar-refractivity contribution < 1.29 is 0 Å². The SMILES string of the molecule is CCC(C)(C(N)Cc1cccnc1)N1CCCCC1. The largest absolute Gasteiger partial charge is 0.326 e. The summed E-state index contributed by atoms with van der Waals surface area (Å²) >= 11 is 0. The van der Waals surface area contributed by atoms with Crippen LogP contribution in [0.2, 0.25) is 0 Å². The summed E-state index contributed by atoms with van der Waals surface area (Å²) in [7, 11) is 0. The Morgan fingerprint density at radius 1 is 1.37 bits per heavy atom. The van der Waals surface area contributed by atoms with Crippen molar-refractivity contribution in [3.63, 3.8) is 0 Å². The number of nitrogens with zero attached hydrogens (tertiary/aromatic N) is 2. The van der Waals surface area contributed by atoms with E-state index in [1.54, 1.807) is 0 Å². The first kappa shape index (κ1) is 14.5. The average Bonchev–Trinajstić information content (AvgIpc) is 2.48. The van der Waals surface area contributed by atoms with Crippen molar-refractivity contribution in [1.29, 1.82) is 0 Å². The van der Waals surface area contributed by atoms with E-state index in [2.05, 4.69) is 29.8 Å². The third-order valence-electron chi connectivity index (χ3n) is 4.77. The van der Waals surface area contributed by atoms with E-state index in [1.165, 1.54) is 37.9 Å². The molecule has 1 aliphatic heterocycles. The molecule has 1 fully saturated rings. The van der Waals surface area contributed by atoms with Crippen LogP contribution in [0.15, 0.2) is 24.5 Å². The molecule has 2 unspecified atom stereocenters. The van der Waals surface area contributed by atoms with Gasteiger partial charge in [-0.05, 0) is 57.3 Å². The summed E-state index contributed by atoms with van der Waals surface area (Å²) in [5, 5.41) is 0. The molecule has 0 saturated carbocycles. The van der Waals surface area contributed by atoms with Crippen molar-refractivity contribution in [3.05, 3.63) is 30.1 Å². The standard InChI is InChI=1S/C16H27N3/c1-3-16(2,19-10-5-4-6-11-19)15(17)12-14-8-7-9-18-13-14/h7-9,13,15H,3-6,10-12,17H2,1-2H3. The molecule has 1 saturated heterocycles. The van der Waals surface area contributed by atoms with Gasteiger partial charge in [0.1, 0.15) is 0 Å². The number of aromatic nitrogens is 1. The van der Waals surface area contributed by atoms with Crippen LogP contribution < -0.4 is 5.73 Å². The Kier molecular flexibility index (Phi) is 4.94. The highest BCUT2D eigenvalue weighted by atomic mass is 15.2. The number of nitrogens with two attached hydrogens (primary N) is 1. The highest BCUT2D eigenvalue weighted by Crippen LogP contribution is 2.28. The van der Waals surface area contributed by atoms with Crippen molar-refractivity contribution >= 4 is 0 Å². The third kappa shape index (κ3) is 3.34. The Bertz CT molecular complexity index is 373. The zero-order valence-corrected chi connectivity index (χ0v) is 12.3. The molecule has 0 aliphatic carbocycles. The average molecular weight is 261 g/mol. The van der Waals surface area contributed by atoms with Crippen LogP contribution >= 0.6 is 0 Å². The molecular weight excluding hydrogens is 234 g/mol. The second-order valence-corrected chi connectivity index (χ2v) is 5.93. The molecule has 0 radical (unpaired) electrons. The van der Waals surface area contributed by atoms with Gasteiger partial charge < -0.3 is 5.73 Å². The number of hydrogen-bond acceptors (Lipinski definition) is 3. The van der Waals surface area contributed by atoms with Gasteiger partial charge in [-0.15, -0.1) is 0 Å². The van der Waals surface area contributed by atoms with E-state index in [1.807, 2.05) is 18.5 Å². The highest BCUT2D eigenvalue weighted by molar-refractivity contribution is 5.12. The van der Waals surface area contributed by atoms with Gasteiger partial charge in [-0.3, -0.25) is 9.88 Å². The van der Waals surface area contributed by atoms with E-state index in [-0.39, 0.29) is 11.6 Å². The zero-order valence-electron chi connectivity index (χ0n) is 12.3. The number of piperidine rings is 1. The third-order valence-corrected chi connectivity index (χ3v) is 4.77. The molecule has 2 atom stereocenters. The number of rotatable bonds is 5. The summed E-state index contributed by atoms with van der Waals surface area (Å²) in [5.74, 6) is 0. The highest BCUT2D eigenvalue weighted by Gasteiger charge is 2.36.